The topological polar surface area (TPSA) is 135 Å². The van der Waals surface area contributed by atoms with Crippen molar-refractivity contribution in [2.24, 2.45) is 10.7 Å². The Hall–Kier alpha value is -4.67. The van der Waals surface area contributed by atoms with Gasteiger partial charge in [-0.05, 0) is 52.6 Å². The second-order valence-corrected chi connectivity index (χ2v) is 11.3. The third kappa shape index (κ3) is 7.93. The van der Waals surface area contributed by atoms with Crippen LogP contribution in [0.2, 0.25) is 0 Å². The van der Waals surface area contributed by atoms with E-state index in [2.05, 4.69) is 15.3 Å². The molecule has 0 radical (unpaired) electrons. The summed E-state index contributed by atoms with van der Waals surface area (Å²) < 4.78 is 28.7. The van der Waals surface area contributed by atoms with Crippen molar-refractivity contribution < 1.29 is 18.0 Å². The van der Waals surface area contributed by atoms with E-state index in [-0.39, 0.29) is 24.4 Å². The zero-order chi connectivity index (χ0) is 29.2. The number of benzene rings is 3. The first kappa shape index (κ1) is 29.3. The van der Waals surface area contributed by atoms with Gasteiger partial charge in [-0.2, -0.15) is 4.31 Å². The van der Waals surface area contributed by atoms with Crippen LogP contribution < -0.4 is 11.1 Å². The van der Waals surface area contributed by atoms with Gasteiger partial charge in [0, 0.05) is 50.7 Å². The molecule has 210 valence electrons. The Morgan fingerprint density at radius 2 is 1.56 bits per heavy atom. The van der Waals surface area contributed by atoms with Crippen molar-refractivity contribution in [3.8, 4) is 0 Å². The van der Waals surface area contributed by atoms with Crippen LogP contribution in [-0.2, 0) is 34.3 Å². The third-order valence-corrected chi connectivity index (χ3v) is 8.19. The van der Waals surface area contributed by atoms with Crippen molar-refractivity contribution in [2.75, 3.05) is 7.05 Å². The van der Waals surface area contributed by atoms with Gasteiger partial charge in [-0.3, -0.25) is 19.6 Å². The first-order chi connectivity index (χ1) is 19.8. The molecule has 1 aromatic heterocycles. The zero-order valence-electron chi connectivity index (χ0n) is 22.6. The van der Waals surface area contributed by atoms with E-state index in [0.29, 0.717) is 11.1 Å². The summed E-state index contributed by atoms with van der Waals surface area (Å²) in [6, 6.07) is 25.1. The predicted molar refractivity (Wildman–Crippen MR) is 158 cm³/mol. The summed E-state index contributed by atoms with van der Waals surface area (Å²) in [5.74, 6) is -1.09. The number of aromatic nitrogens is 1. The van der Waals surface area contributed by atoms with Gasteiger partial charge in [0.05, 0.1) is 4.90 Å². The molecule has 0 aliphatic rings. The number of hydrogen-bond acceptors (Lipinski definition) is 6. The molecule has 3 aromatic carbocycles. The fraction of sp³-hybridized carbons (Fsp3) is 0.161. The Bertz CT molecular complexity index is 1590. The van der Waals surface area contributed by atoms with Crippen molar-refractivity contribution in [1.82, 2.24) is 14.6 Å². The Balaban J connectivity index is 1.52. The fourth-order valence-corrected chi connectivity index (χ4v) is 5.64. The number of aliphatic imine (C=N–C) groups is 1. The maximum absolute atomic E-state index is 13.7. The molecule has 1 heterocycles. The van der Waals surface area contributed by atoms with Crippen LogP contribution >= 0.6 is 0 Å². The number of rotatable bonds is 12. The molecule has 0 bridgehead atoms. The number of carbonyl (C=O) groups excluding carboxylic acids is 2. The summed E-state index contributed by atoms with van der Waals surface area (Å²) in [6.45, 7) is 0.172. The van der Waals surface area contributed by atoms with Crippen LogP contribution in [0, 0.1) is 0 Å². The Kier molecular flexibility index (Phi) is 9.73. The third-order valence-electron chi connectivity index (χ3n) is 6.38. The lowest BCUT2D eigenvalue weighted by atomic mass is 10.0. The van der Waals surface area contributed by atoms with Crippen molar-refractivity contribution >= 4 is 28.1 Å². The van der Waals surface area contributed by atoms with Crippen molar-refractivity contribution in [3.05, 3.63) is 131 Å². The molecule has 3 N–H and O–H groups in total. The average Bonchev–Trinajstić information content (AvgIpc) is 2.98. The summed E-state index contributed by atoms with van der Waals surface area (Å²) in [7, 11) is -2.23. The first-order valence-corrected chi connectivity index (χ1v) is 14.3. The number of pyridine rings is 1. The van der Waals surface area contributed by atoms with Crippen LogP contribution in [0.1, 0.15) is 32.6 Å². The molecule has 10 heteroatoms. The van der Waals surface area contributed by atoms with E-state index in [9.17, 15) is 18.0 Å². The largest absolute Gasteiger partial charge is 0.368 e. The number of amides is 2. The molecule has 0 saturated carbocycles. The minimum absolute atomic E-state index is 0.0647. The minimum Gasteiger partial charge on any atom is -0.368 e. The minimum atomic E-state index is -3.88. The van der Waals surface area contributed by atoms with Gasteiger partial charge in [0.1, 0.15) is 6.04 Å². The molecule has 0 saturated heterocycles. The lowest BCUT2D eigenvalue weighted by Gasteiger charge is -2.23. The van der Waals surface area contributed by atoms with Crippen LogP contribution in [-0.4, -0.2) is 48.8 Å². The summed E-state index contributed by atoms with van der Waals surface area (Å²) in [5.41, 5.74) is 8.94. The number of hydrogen-bond donors (Lipinski definition) is 2. The monoisotopic (exact) mass is 569 g/mol. The van der Waals surface area contributed by atoms with Crippen LogP contribution in [0.5, 0.6) is 0 Å². The summed E-state index contributed by atoms with van der Waals surface area (Å²) in [6.07, 6.45) is 5.17. The standard InChI is InChI=1S/C31H31N5O4S/c1-33-19-24-11-15-28(16-12-24)41(39,40)36(22-26-8-5-17-34-20-26)21-25-9-13-27(14-10-25)31(38)35-29(30(32)37)18-23-6-3-2-4-7-23/h2-17,19-20,29H,18,21-22H2,1H3,(H2,32,37)(H,35,38)/t29-/m0/s1. The van der Waals surface area contributed by atoms with Crippen molar-refractivity contribution in [1.29, 1.82) is 0 Å². The number of sulfonamides is 1. The molecule has 41 heavy (non-hydrogen) atoms. The molecule has 9 nitrogen and oxygen atoms in total. The van der Waals surface area contributed by atoms with E-state index < -0.39 is 27.9 Å². The van der Waals surface area contributed by atoms with Gasteiger partial charge in [0.15, 0.2) is 0 Å². The Morgan fingerprint density at radius 1 is 0.902 bits per heavy atom. The quantitative estimate of drug-likeness (QED) is 0.252. The van der Waals surface area contributed by atoms with E-state index in [4.69, 9.17) is 5.73 Å². The van der Waals surface area contributed by atoms with E-state index in [1.165, 1.54) is 4.31 Å². The molecule has 4 rings (SSSR count). The predicted octanol–water partition coefficient (Wildman–Crippen LogP) is 3.35. The van der Waals surface area contributed by atoms with Gasteiger partial charge >= 0.3 is 0 Å². The molecule has 0 fully saturated rings. The highest BCUT2D eigenvalue weighted by Crippen LogP contribution is 2.22. The van der Waals surface area contributed by atoms with Gasteiger partial charge in [-0.1, -0.05) is 60.7 Å². The normalized spacial score (nSPS) is 12.3. The molecule has 0 unspecified atom stereocenters. The van der Waals surface area contributed by atoms with Gasteiger partial charge in [-0.25, -0.2) is 8.42 Å². The van der Waals surface area contributed by atoms with Crippen molar-refractivity contribution in [3.63, 3.8) is 0 Å². The second-order valence-electron chi connectivity index (χ2n) is 9.41. The smallest absolute Gasteiger partial charge is 0.251 e. The lowest BCUT2D eigenvalue weighted by Crippen LogP contribution is -2.45. The SMILES string of the molecule is CN=Cc1ccc(S(=O)(=O)N(Cc2ccc(C(=O)N[C@@H](Cc3ccccc3)C(N)=O)cc2)Cc2cccnc2)cc1. The molecule has 0 aliphatic heterocycles. The zero-order valence-corrected chi connectivity index (χ0v) is 23.4. The first-order valence-electron chi connectivity index (χ1n) is 12.9. The van der Waals surface area contributed by atoms with E-state index in [1.54, 1.807) is 80.3 Å². The highest BCUT2D eigenvalue weighted by Gasteiger charge is 2.25. The second kappa shape index (κ2) is 13.6. The van der Waals surface area contributed by atoms with Crippen LogP contribution in [0.25, 0.3) is 0 Å². The molecular formula is C31H31N5O4S. The number of carbonyl (C=O) groups is 2. The Morgan fingerprint density at radius 3 is 2.17 bits per heavy atom. The van der Waals surface area contributed by atoms with Gasteiger partial charge < -0.3 is 11.1 Å². The van der Waals surface area contributed by atoms with E-state index >= 15 is 0 Å². The maximum Gasteiger partial charge on any atom is 0.251 e. The fourth-order valence-electron chi connectivity index (χ4n) is 4.22. The highest BCUT2D eigenvalue weighted by atomic mass is 32.2. The number of nitrogens with one attached hydrogen (secondary N) is 1. The van der Waals surface area contributed by atoms with Gasteiger partial charge in [-0.15, -0.1) is 0 Å². The van der Waals surface area contributed by atoms with Crippen LogP contribution in [0.3, 0.4) is 0 Å². The Labute approximate surface area is 239 Å². The molecular weight excluding hydrogens is 538 g/mol. The number of primary amides is 1. The van der Waals surface area contributed by atoms with Crippen LogP contribution in [0.15, 0.2) is 113 Å². The average molecular weight is 570 g/mol. The maximum atomic E-state index is 13.7. The number of nitrogens with two attached hydrogens (primary N) is 1. The molecule has 4 aromatic rings. The molecule has 0 aliphatic carbocycles. The lowest BCUT2D eigenvalue weighted by molar-refractivity contribution is -0.119. The molecule has 2 amide bonds. The summed E-state index contributed by atoms with van der Waals surface area (Å²) >= 11 is 0. The summed E-state index contributed by atoms with van der Waals surface area (Å²) in [5, 5.41) is 2.70. The van der Waals surface area contributed by atoms with E-state index in [1.807, 2.05) is 36.4 Å². The molecule has 1 atom stereocenters. The van der Waals surface area contributed by atoms with Crippen LogP contribution in [0.4, 0.5) is 0 Å². The molecule has 0 spiro atoms. The van der Waals surface area contributed by atoms with E-state index in [0.717, 1.165) is 16.7 Å². The van der Waals surface area contributed by atoms with Gasteiger partial charge in [0.2, 0.25) is 15.9 Å². The van der Waals surface area contributed by atoms with Gasteiger partial charge in [0.25, 0.3) is 5.91 Å². The van der Waals surface area contributed by atoms with Crippen molar-refractivity contribution in [2.45, 2.75) is 30.4 Å². The highest BCUT2D eigenvalue weighted by molar-refractivity contribution is 7.89. The number of nitrogens with zero attached hydrogens (tertiary/aromatic N) is 3. The summed E-state index contributed by atoms with van der Waals surface area (Å²) in [4.78, 5) is 33.1.